The van der Waals surface area contributed by atoms with Crippen molar-refractivity contribution in [2.75, 3.05) is 5.32 Å². The molecule has 0 saturated heterocycles. The van der Waals surface area contributed by atoms with E-state index in [9.17, 15) is 9.59 Å². The van der Waals surface area contributed by atoms with Gasteiger partial charge in [0.15, 0.2) is 11.6 Å². The number of Topliss-reactive ketones (excluding diaryl/α,β-unsaturated/α-hetero) is 1. The van der Waals surface area contributed by atoms with E-state index < -0.39 is 5.41 Å². The molecule has 17 heavy (non-hydrogen) atoms. The lowest BCUT2D eigenvalue weighted by Crippen LogP contribution is -2.28. The van der Waals surface area contributed by atoms with E-state index in [4.69, 9.17) is 0 Å². The van der Waals surface area contributed by atoms with Crippen LogP contribution < -0.4 is 5.32 Å². The molecule has 5 heteroatoms. The molecule has 0 aliphatic rings. The van der Waals surface area contributed by atoms with Crippen LogP contribution in [0, 0.1) is 5.41 Å². The van der Waals surface area contributed by atoms with Crippen LogP contribution in [0.5, 0.6) is 0 Å². The fraction of sp³-hybridized carbons (Fsp3) is 0.500. The van der Waals surface area contributed by atoms with Crippen LogP contribution in [0.15, 0.2) is 12.4 Å². The summed E-state index contributed by atoms with van der Waals surface area (Å²) in [7, 11) is 0. The van der Waals surface area contributed by atoms with Crippen molar-refractivity contribution < 1.29 is 9.59 Å². The number of nitrogens with one attached hydrogen (secondary N) is 1. The zero-order valence-electron chi connectivity index (χ0n) is 10.6. The minimum absolute atomic E-state index is 0.0637. The molecule has 1 amide bonds. The molecular weight excluding hydrogens is 218 g/mol. The van der Waals surface area contributed by atoms with Crippen molar-refractivity contribution >= 4 is 17.5 Å². The van der Waals surface area contributed by atoms with Gasteiger partial charge >= 0.3 is 0 Å². The van der Waals surface area contributed by atoms with Gasteiger partial charge in [-0.15, -0.1) is 0 Å². The fourth-order valence-electron chi connectivity index (χ4n) is 1.02. The second-order valence-corrected chi connectivity index (χ2v) is 4.77. The zero-order valence-corrected chi connectivity index (χ0v) is 10.6. The molecule has 1 aromatic rings. The van der Waals surface area contributed by atoms with E-state index in [1.807, 2.05) is 20.8 Å². The number of hydrogen-bond acceptors (Lipinski definition) is 4. The molecule has 0 aliphatic heterocycles. The van der Waals surface area contributed by atoms with Gasteiger partial charge in [-0.3, -0.25) is 9.59 Å². The van der Waals surface area contributed by atoms with Gasteiger partial charge in [0.25, 0.3) is 0 Å². The maximum absolute atomic E-state index is 11.7. The largest absolute Gasteiger partial charge is 0.309 e. The lowest BCUT2D eigenvalue weighted by molar-refractivity contribution is -0.123. The van der Waals surface area contributed by atoms with Crippen LogP contribution in [0.3, 0.4) is 0 Å². The molecule has 1 heterocycles. The van der Waals surface area contributed by atoms with Crippen molar-refractivity contribution in [2.45, 2.75) is 34.1 Å². The van der Waals surface area contributed by atoms with Crippen LogP contribution in [0.2, 0.25) is 0 Å². The molecular formula is C12H17N3O2. The quantitative estimate of drug-likeness (QED) is 0.814. The molecule has 0 atom stereocenters. The summed E-state index contributed by atoms with van der Waals surface area (Å²) >= 11 is 0. The number of rotatable bonds is 3. The summed E-state index contributed by atoms with van der Waals surface area (Å²) in [6.45, 7) is 7.19. The summed E-state index contributed by atoms with van der Waals surface area (Å²) in [5, 5.41) is 2.64. The molecule has 92 valence electrons. The van der Waals surface area contributed by atoms with Gasteiger partial charge in [-0.25, -0.2) is 9.97 Å². The fourth-order valence-corrected chi connectivity index (χ4v) is 1.02. The Morgan fingerprint density at radius 2 is 1.88 bits per heavy atom. The van der Waals surface area contributed by atoms with Crippen LogP contribution in [-0.2, 0) is 4.79 Å². The monoisotopic (exact) mass is 235 g/mol. The topological polar surface area (TPSA) is 72.0 Å². The summed E-state index contributed by atoms with van der Waals surface area (Å²) in [5.74, 6) is 0.158. The highest BCUT2D eigenvalue weighted by Gasteiger charge is 2.21. The van der Waals surface area contributed by atoms with Gasteiger partial charge in [0.1, 0.15) is 5.69 Å². The van der Waals surface area contributed by atoms with Gasteiger partial charge in [-0.05, 0) is 0 Å². The van der Waals surface area contributed by atoms with E-state index >= 15 is 0 Å². The lowest BCUT2D eigenvalue weighted by Gasteiger charge is -2.16. The first-order valence-corrected chi connectivity index (χ1v) is 5.51. The molecule has 1 aromatic heterocycles. The molecule has 0 fully saturated rings. The van der Waals surface area contributed by atoms with Gasteiger partial charge in [-0.2, -0.15) is 0 Å². The molecule has 1 rings (SSSR count). The van der Waals surface area contributed by atoms with Crippen LogP contribution in [0.25, 0.3) is 0 Å². The standard InChI is InChI=1S/C12H17N3O2/c1-5-9(16)8-6-14-10(7-13-8)15-11(17)12(2,3)4/h6-7H,5H2,1-4H3,(H,14,15,17). The molecule has 0 aliphatic carbocycles. The maximum Gasteiger partial charge on any atom is 0.230 e. The highest BCUT2D eigenvalue weighted by atomic mass is 16.2. The number of carbonyl (C=O) groups is 2. The first-order chi connectivity index (χ1) is 7.84. The molecule has 0 saturated carbocycles. The summed E-state index contributed by atoms with van der Waals surface area (Å²) < 4.78 is 0. The molecule has 0 bridgehead atoms. The van der Waals surface area contributed by atoms with Gasteiger partial charge in [-0.1, -0.05) is 27.7 Å². The van der Waals surface area contributed by atoms with E-state index in [2.05, 4.69) is 15.3 Å². The Labute approximate surface area is 101 Å². The maximum atomic E-state index is 11.7. The number of ketones is 1. The third-order valence-electron chi connectivity index (χ3n) is 2.18. The number of nitrogens with zero attached hydrogens (tertiary/aromatic N) is 2. The molecule has 0 aromatic carbocycles. The number of amides is 1. The van der Waals surface area contributed by atoms with Gasteiger partial charge < -0.3 is 5.32 Å². The molecule has 0 spiro atoms. The average molecular weight is 235 g/mol. The minimum atomic E-state index is -0.487. The summed E-state index contributed by atoms with van der Waals surface area (Å²) in [6.07, 6.45) is 3.17. The highest BCUT2D eigenvalue weighted by Crippen LogP contribution is 2.15. The Morgan fingerprint density at radius 1 is 1.24 bits per heavy atom. The van der Waals surface area contributed by atoms with Gasteiger partial charge in [0.2, 0.25) is 5.91 Å². The Morgan fingerprint density at radius 3 is 2.29 bits per heavy atom. The summed E-state index contributed by atoms with van der Waals surface area (Å²) in [5.41, 5.74) is -0.166. The third kappa shape index (κ3) is 3.62. The van der Waals surface area contributed by atoms with Crippen LogP contribution in [0.1, 0.15) is 44.6 Å². The molecule has 0 radical (unpaired) electrons. The van der Waals surface area contributed by atoms with Crippen molar-refractivity contribution in [2.24, 2.45) is 5.41 Å². The predicted octanol–water partition coefficient (Wildman–Crippen LogP) is 2.05. The zero-order chi connectivity index (χ0) is 13.1. The minimum Gasteiger partial charge on any atom is -0.309 e. The third-order valence-corrected chi connectivity index (χ3v) is 2.18. The predicted molar refractivity (Wildman–Crippen MR) is 64.7 cm³/mol. The Bertz CT molecular complexity index is 418. The normalized spacial score (nSPS) is 11.1. The Hall–Kier alpha value is -1.78. The Balaban J connectivity index is 2.76. The SMILES string of the molecule is CCC(=O)c1cnc(NC(=O)C(C)(C)C)cn1. The van der Waals surface area contributed by atoms with Crippen molar-refractivity contribution in [1.82, 2.24) is 9.97 Å². The van der Waals surface area contributed by atoms with E-state index in [0.717, 1.165) is 0 Å². The second kappa shape index (κ2) is 5.03. The van der Waals surface area contributed by atoms with Crippen molar-refractivity contribution in [3.63, 3.8) is 0 Å². The van der Waals surface area contributed by atoms with Crippen molar-refractivity contribution in [3.8, 4) is 0 Å². The van der Waals surface area contributed by atoms with Crippen LogP contribution >= 0.6 is 0 Å². The summed E-state index contributed by atoms with van der Waals surface area (Å²) in [6, 6.07) is 0. The van der Waals surface area contributed by atoms with E-state index in [0.29, 0.717) is 17.9 Å². The first-order valence-electron chi connectivity index (χ1n) is 5.51. The van der Waals surface area contributed by atoms with Gasteiger partial charge in [0.05, 0.1) is 12.4 Å². The number of anilines is 1. The van der Waals surface area contributed by atoms with E-state index in [1.54, 1.807) is 6.92 Å². The van der Waals surface area contributed by atoms with Gasteiger partial charge in [0, 0.05) is 11.8 Å². The smallest absolute Gasteiger partial charge is 0.230 e. The molecule has 5 nitrogen and oxygen atoms in total. The van der Waals surface area contributed by atoms with E-state index in [-0.39, 0.29) is 11.7 Å². The molecule has 1 N–H and O–H groups in total. The van der Waals surface area contributed by atoms with Crippen LogP contribution in [0.4, 0.5) is 5.82 Å². The summed E-state index contributed by atoms with van der Waals surface area (Å²) in [4.78, 5) is 30.9. The van der Waals surface area contributed by atoms with E-state index in [1.165, 1.54) is 12.4 Å². The lowest BCUT2D eigenvalue weighted by atomic mass is 9.96. The number of hydrogen-bond donors (Lipinski definition) is 1. The first kappa shape index (κ1) is 13.3. The van der Waals surface area contributed by atoms with Crippen molar-refractivity contribution in [3.05, 3.63) is 18.1 Å². The Kier molecular flexibility index (Phi) is 3.93. The highest BCUT2D eigenvalue weighted by molar-refractivity contribution is 5.95. The van der Waals surface area contributed by atoms with Crippen LogP contribution in [-0.4, -0.2) is 21.7 Å². The number of aromatic nitrogens is 2. The average Bonchev–Trinajstić information content (AvgIpc) is 2.27. The number of carbonyl (C=O) groups excluding carboxylic acids is 2. The second-order valence-electron chi connectivity index (χ2n) is 4.77. The van der Waals surface area contributed by atoms with Crippen molar-refractivity contribution in [1.29, 1.82) is 0 Å². The molecule has 0 unspecified atom stereocenters.